The maximum atomic E-state index is 13.3. The second kappa shape index (κ2) is 28.9. The molecule has 0 aliphatic rings. The summed E-state index contributed by atoms with van der Waals surface area (Å²) in [5.41, 5.74) is 14.1. The van der Waals surface area contributed by atoms with Gasteiger partial charge in [-0.25, -0.2) is 19.7 Å². The van der Waals surface area contributed by atoms with Gasteiger partial charge in [0, 0.05) is 61.5 Å². The van der Waals surface area contributed by atoms with Crippen LogP contribution >= 0.6 is 0 Å². The molecule has 0 aliphatic carbocycles. The van der Waals surface area contributed by atoms with Crippen LogP contribution in [0.2, 0.25) is 0 Å². The zero-order chi connectivity index (χ0) is 58.0. The van der Waals surface area contributed by atoms with Crippen LogP contribution in [0.4, 0.5) is 11.6 Å². The van der Waals surface area contributed by atoms with Crippen molar-refractivity contribution in [3.05, 3.63) is 153 Å². The first-order valence-electron chi connectivity index (χ1n) is 28.5. The van der Waals surface area contributed by atoms with Gasteiger partial charge >= 0.3 is 5.97 Å². The van der Waals surface area contributed by atoms with Crippen LogP contribution in [0, 0.1) is 13.8 Å². The Labute approximate surface area is 478 Å². The summed E-state index contributed by atoms with van der Waals surface area (Å²) in [7, 11) is 0. The van der Waals surface area contributed by atoms with Crippen molar-refractivity contribution in [3.8, 4) is 11.1 Å². The molecule has 1 unspecified atom stereocenters. The third kappa shape index (κ3) is 17.3. The number of carbonyl (C=O) groups is 3. The number of aromatic nitrogens is 9. The molecule has 8 rings (SSSR count). The van der Waals surface area contributed by atoms with Crippen LogP contribution in [0.5, 0.6) is 0 Å². The van der Waals surface area contributed by atoms with Crippen molar-refractivity contribution < 1.29 is 29.0 Å². The van der Waals surface area contributed by atoms with E-state index in [1.54, 1.807) is 57.4 Å². The quantitative estimate of drug-likeness (QED) is 0.0181. The van der Waals surface area contributed by atoms with E-state index in [4.69, 9.17) is 20.2 Å². The van der Waals surface area contributed by atoms with E-state index in [2.05, 4.69) is 101 Å². The topological polar surface area (TPSA) is 272 Å². The van der Waals surface area contributed by atoms with Crippen LogP contribution in [0.15, 0.2) is 109 Å². The minimum atomic E-state index is -1.03. The molecule has 0 radical (unpaired) electrons. The third-order valence-electron chi connectivity index (χ3n) is 14.1. The van der Waals surface area contributed by atoms with Crippen molar-refractivity contribution in [1.82, 2.24) is 54.9 Å². The van der Waals surface area contributed by atoms with Crippen molar-refractivity contribution in [2.24, 2.45) is 0 Å². The summed E-state index contributed by atoms with van der Waals surface area (Å²) in [6, 6.07) is 21.9. The molecule has 0 bridgehead atoms. The van der Waals surface area contributed by atoms with E-state index in [1.165, 1.54) is 48.6 Å². The number of hydrogen-bond donors (Lipinski definition) is 6. The molecule has 0 fully saturated rings. The number of nitrogens with two attached hydrogens (primary N) is 1. The Morgan fingerprint density at radius 2 is 1.55 bits per heavy atom. The Balaban J connectivity index is 0.666. The number of aromatic amines is 1. The number of unbranched alkanes of at least 4 members (excludes halogenated alkanes) is 9. The van der Waals surface area contributed by atoms with Gasteiger partial charge in [0.1, 0.15) is 23.6 Å². The van der Waals surface area contributed by atoms with E-state index >= 15 is 0 Å². The lowest BCUT2D eigenvalue weighted by molar-refractivity contribution is -0.157. The number of aryl methyl sites for hydroxylation is 2. The number of rotatable bonds is 30. The predicted octanol–water partition coefficient (Wildman–Crippen LogP) is 9.22. The number of anilines is 2. The van der Waals surface area contributed by atoms with Gasteiger partial charge in [-0.3, -0.25) is 29.0 Å². The SMILES string of the molecule is Cc1ccc(C)c(Cn2c(C(O)c3ccncc3)nc3ccc(-c4cnn(CCOCCCCCCCCCCCCNC(=O)CC[C@H](NC(=O)c5ccc(NCc6cnc7nc(N)[nH]c(=O)c7n6)cc5)C(=O)OC(C)(C)C)c4)cc32)c1. The van der Waals surface area contributed by atoms with Gasteiger partial charge in [-0.15, -0.1) is 0 Å². The molecule has 20 heteroatoms. The maximum absolute atomic E-state index is 13.3. The van der Waals surface area contributed by atoms with Gasteiger partial charge < -0.3 is 40.8 Å². The Kier molecular flexibility index (Phi) is 21.0. The molecule has 7 N–H and O–H groups in total. The molecule has 5 heterocycles. The lowest BCUT2D eigenvalue weighted by atomic mass is 10.0. The lowest BCUT2D eigenvalue weighted by Gasteiger charge is -2.24. The molecule has 432 valence electrons. The second-order valence-electron chi connectivity index (χ2n) is 21.9. The standard InChI is InChI=1S/C62H77N13O7/c1-41-16-17-42(2)46(34-41)40-75-52-35-45(20-23-50(52)70-57(75)55(77)43-26-29-64-30-27-43)47-36-68-74(39-47)31-33-81-32-15-13-11-9-7-6-8-10-12-14-28-65-53(76)25-24-51(60(80)82-62(3,4)5)71-58(78)44-18-21-48(22-19-44)66-37-49-38-67-56-54(69-49)59(79)73-61(63)72-56/h16-23,26-27,29-30,34-36,38-39,51,55,66,77H,6-15,24-25,28,31-33,37,40H2,1-5H3,(H,65,76)(H,71,78)(H3,63,67,72,73,79)/t51-,55?/m0/s1. The number of hydrogen-bond acceptors (Lipinski definition) is 15. The fraction of sp³-hybridized carbons (Fsp3) is 0.419. The Morgan fingerprint density at radius 3 is 2.29 bits per heavy atom. The zero-order valence-corrected chi connectivity index (χ0v) is 47.7. The molecule has 0 spiro atoms. The first-order valence-corrected chi connectivity index (χ1v) is 28.5. The van der Waals surface area contributed by atoms with E-state index in [9.17, 15) is 24.3 Å². The average Bonchev–Trinajstić information content (AvgIpc) is 4.19. The van der Waals surface area contributed by atoms with Gasteiger partial charge in [0.15, 0.2) is 11.2 Å². The van der Waals surface area contributed by atoms with Gasteiger partial charge in [0.05, 0.1) is 48.8 Å². The number of H-pyrrole nitrogens is 1. The molecule has 3 aromatic carbocycles. The number of nitrogens with one attached hydrogen (secondary N) is 4. The van der Waals surface area contributed by atoms with Crippen LogP contribution in [0.25, 0.3) is 33.3 Å². The molecule has 0 saturated heterocycles. The second-order valence-corrected chi connectivity index (χ2v) is 21.9. The van der Waals surface area contributed by atoms with E-state index in [-0.39, 0.29) is 42.4 Å². The van der Waals surface area contributed by atoms with Gasteiger partial charge in [-0.2, -0.15) is 10.1 Å². The Hall–Kier alpha value is -8.36. The number of imidazole rings is 1. The highest BCUT2D eigenvalue weighted by molar-refractivity contribution is 5.97. The number of pyridine rings is 1. The number of amides is 2. The molecule has 5 aromatic heterocycles. The van der Waals surface area contributed by atoms with Crippen molar-refractivity contribution in [3.63, 3.8) is 0 Å². The Morgan fingerprint density at radius 1 is 0.817 bits per heavy atom. The highest BCUT2D eigenvalue weighted by atomic mass is 16.6. The zero-order valence-electron chi connectivity index (χ0n) is 47.7. The van der Waals surface area contributed by atoms with E-state index < -0.39 is 35.2 Å². The third-order valence-corrected chi connectivity index (χ3v) is 14.1. The number of esters is 1. The smallest absolute Gasteiger partial charge is 0.329 e. The number of nitrogens with zero attached hydrogens (tertiary/aromatic N) is 8. The molecular formula is C62H77N13O7. The van der Waals surface area contributed by atoms with Crippen molar-refractivity contribution in [2.45, 2.75) is 149 Å². The first-order chi connectivity index (χ1) is 39.6. The number of nitrogen functional groups attached to an aromatic ring is 1. The van der Waals surface area contributed by atoms with E-state index in [0.29, 0.717) is 49.0 Å². The van der Waals surface area contributed by atoms with Gasteiger partial charge in [-0.05, 0) is 125 Å². The minimum Gasteiger partial charge on any atom is -0.458 e. The summed E-state index contributed by atoms with van der Waals surface area (Å²) in [5, 5.41) is 25.1. The summed E-state index contributed by atoms with van der Waals surface area (Å²) in [6.07, 6.45) is 19.1. The van der Waals surface area contributed by atoms with Crippen LogP contribution in [0.1, 0.15) is 148 Å². The fourth-order valence-corrected chi connectivity index (χ4v) is 9.61. The number of ether oxygens (including phenoxy) is 2. The van der Waals surface area contributed by atoms with Gasteiger partial charge in [0.2, 0.25) is 11.9 Å². The average molecular weight is 1120 g/mol. The summed E-state index contributed by atoms with van der Waals surface area (Å²) in [6.45, 7) is 12.8. The highest BCUT2D eigenvalue weighted by Crippen LogP contribution is 2.31. The number of aliphatic hydroxyl groups excluding tert-OH is 1. The summed E-state index contributed by atoms with van der Waals surface area (Å²) in [5.74, 6) is -0.733. The van der Waals surface area contributed by atoms with Crippen LogP contribution in [0.3, 0.4) is 0 Å². The van der Waals surface area contributed by atoms with Crippen molar-refractivity contribution >= 4 is 51.6 Å². The molecule has 2 amide bonds. The van der Waals surface area contributed by atoms with Gasteiger partial charge in [-0.1, -0.05) is 81.2 Å². The van der Waals surface area contributed by atoms with Crippen LogP contribution < -0.4 is 27.2 Å². The largest absolute Gasteiger partial charge is 0.458 e. The Bertz CT molecular complexity index is 3460. The molecule has 82 heavy (non-hydrogen) atoms. The number of benzene rings is 3. The highest BCUT2D eigenvalue weighted by Gasteiger charge is 2.28. The number of carbonyl (C=O) groups excluding carboxylic acids is 3. The van der Waals surface area contributed by atoms with E-state index in [1.807, 2.05) is 29.1 Å². The number of fused-ring (bicyclic) bond motifs is 2. The first kappa shape index (κ1) is 59.8. The minimum absolute atomic E-state index is 0.0412. The summed E-state index contributed by atoms with van der Waals surface area (Å²) >= 11 is 0. The molecule has 0 aliphatic heterocycles. The molecule has 2 atom stereocenters. The van der Waals surface area contributed by atoms with Crippen LogP contribution in [-0.4, -0.2) is 98.5 Å². The maximum Gasteiger partial charge on any atom is 0.329 e. The lowest BCUT2D eigenvalue weighted by Crippen LogP contribution is -2.44. The normalized spacial score (nSPS) is 12.4. The van der Waals surface area contributed by atoms with Gasteiger partial charge in [0.25, 0.3) is 11.5 Å². The van der Waals surface area contributed by atoms with Crippen molar-refractivity contribution in [1.29, 1.82) is 0 Å². The van der Waals surface area contributed by atoms with Crippen molar-refractivity contribution in [2.75, 3.05) is 30.8 Å². The molecule has 8 aromatic rings. The monoisotopic (exact) mass is 1120 g/mol. The fourth-order valence-electron chi connectivity index (χ4n) is 9.61. The number of aliphatic hydroxyl groups is 1. The molecule has 0 saturated carbocycles. The predicted molar refractivity (Wildman–Crippen MR) is 317 cm³/mol. The van der Waals surface area contributed by atoms with E-state index in [0.717, 1.165) is 72.9 Å². The van der Waals surface area contributed by atoms with Crippen LogP contribution in [-0.2, 0) is 38.7 Å². The molecule has 20 nitrogen and oxygen atoms in total. The summed E-state index contributed by atoms with van der Waals surface area (Å²) in [4.78, 5) is 75.5. The summed E-state index contributed by atoms with van der Waals surface area (Å²) < 4.78 is 15.7. The molecular weight excluding hydrogens is 1040 g/mol.